The van der Waals surface area contributed by atoms with Crippen LogP contribution in [0.2, 0.25) is 0 Å². The molecule has 0 saturated carbocycles. The number of aromatic nitrogens is 2. The van der Waals surface area contributed by atoms with E-state index in [0.29, 0.717) is 13.2 Å². The Morgan fingerprint density at radius 3 is 2.38 bits per heavy atom. The minimum absolute atomic E-state index is 0.0142. The van der Waals surface area contributed by atoms with Crippen LogP contribution in [0.1, 0.15) is 24.0 Å². The molecule has 0 atom stereocenters. The van der Waals surface area contributed by atoms with Crippen molar-refractivity contribution in [2.75, 3.05) is 38.3 Å². The van der Waals surface area contributed by atoms with Crippen LogP contribution in [0.3, 0.4) is 0 Å². The average Bonchev–Trinajstić information content (AvgIpc) is 2.86. The Labute approximate surface area is 201 Å². The lowest BCUT2D eigenvalue weighted by molar-refractivity contribution is -0.125. The second-order valence-electron chi connectivity index (χ2n) is 8.71. The summed E-state index contributed by atoms with van der Waals surface area (Å²) in [6.07, 6.45) is 3.20. The van der Waals surface area contributed by atoms with Gasteiger partial charge in [-0.25, -0.2) is 9.97 Å². The Morgan fingerprint density at radius 2 is 1.71 bits per heavy atom. The molecule has 0 bridgehead atoms. The van der Waals surface area contributed by atoms with Gasteiger partial charge in [0.15, 0.2) is 0 Å². The molecule has 1 amide bonds. The number of hydrogen-bond donors (Lipinski definition) is 1. The molecule has 178 valence electrons. The summed E-state index contributed by atoms with van der Waals surface area (Å²) < 4.78 is 11.0. The van der Waals surface area contributed by atoms with Crippen LogP contribution < -0.4 is 19.7 Å². The smallest absolute Gasteiger partial charge is 0.223 e. The van der Waals surface area contributed by atoms with Gasteiger partial charge < -0.3 is 19.7 Å². The summed E-state index contributed by atoms with van der Waals surface area (Å²) in [7, 11) is 1.65. The third kappa shape index (κ3) is 6.04. The summed E-state index contributed by atoms with van der Waals surface area (Å²) in [4.78, 5) is 23.7. The van der Waals surface area contributed by atoms with Crippen molar-refractivity contribution in [3.05, 3.63) is 66.0 Å². The van der Waals surface area contributed by atoms with Crippen LogP contribution in [0.5, 0.6) is 11.5 Å². The molecule has 1 saturated heterocycles. The van der Waals surface area contributed by atoms with Gasteiger partial charge >= 0.3 is 0 Å². The Kier molecular flexibility index (Phi) is 7.62. The standard InChI is InChI=1S/C27H32N4O3/c1-19-14-20(2)16-24(15-19)34-13-10-28-27(32)22-8-11-31(12-9-22)26-17-25(29-18-30-26)21-4-6-23(33-3)7-5-21/h4-7,14-18,22H,8-13H2,1-3H3,(H,28,32). The van der Waals surface area contributed by atoms with E-state index >= 15 is 0 Å². The molecular formula is C27H32N4O3. The van der Waals surface area contributed by atoms with Crippen LogP contribution in [0.15, 0.2) is 54.9 Å². The summed E-state index contributed by atoms with van der Waals surface area (Å²) in [6, 6.07) is 16.0. The van der Waals surface area contributed by atoms with Crippen LogP contribution in [0.25, 0.3) is 11.3 Å². The monoisotopic (exact) mass is 460 g/mol. The third-order valence-corrected chi connectivity index (χ3v) is 6.09. The van der Waals surface area contributed by atoms with E-state index in [1.165, 1.54) is 11.1 Å². The van der Waals surface area contributed by atoms with E-state index in [2.05, 4.69) is 40.1 Å². The Bertz CT molecular complexity index is 1090. The molecule has 1 aromatic heterocycles. The first-order valence-corrected chi connectivity index (χ1v) is 11.7. The Morgan fingerprint density at radius 1 is 1.00 bits per heavy atom. The molecule has 2 heterocycles. The third-order valence-electron chi connectivity index (χ3n) is 6.09. The summed E-state index contributed by atoms with van der Waals surface area (Å²) in [6.45, 7) is 6.64. The summed E-state index contributed by atoms with van der Waals surface area (Å²) >= 11 is 0. The zero-order valence-corrected chi connectivity index (χ0v) is 20.1. The van der Waals surface area contributed by atoms with Gasteiger partial charge in [0.25, 0.3) is 0 Å². The first-order chi connectivity index (χ1) is 16.5. The number of amides is 1. The van der Waals surface area contributed by atoms with Gasteiger partial charge in [0, 0.05) is 30.6 Å². The van der Waals surface area contributed by atoms with Crippen molar-refractivity contribution in [3.8, 4) is 22.8 Å². The molecule has 1 aliphatic heterocycles. The van der Waals surface area contributed by atoms with Crippen molar-refractivity contribution in [2.45, 2.75) is 26.7 Å². The molecular weight excluding hydrogens is 428 g/mol. The summed E-state index contributed by atoms with van der Waals surface area (Å²) in [5.74, 6) is 2.67. The number of benzene rings is 2. The maximum absolute atomic E-state index is 12.6. The largest absolute Gasteiger partial charge is 0.497 e. The fourth-order valence-electron chi connectivity index (χ4n) is 4.31. The maximum atomic E-state index is 12.6. The number of rotatable bonds is 8. The molecule has 0 unspecified atom stereocenters. The van der Waals surface area contributed by atoms with Crippen molar-refractivity contribution in [1.29, 1.82) is 0 Å². The fourth-order valence-corrected chi connectivity index (χ4v) is 4.31. The van der Waals surface area contributed by atoms with Crippen molar-refractivity contribution in [1.82, 2.24) is 15.3 Å². The quantitative estimate of drug-likeness (QED) is 0.508. The lowest BCUT2D eigenvalue weighted by atomic mass is 9.96. The van der Waals surface area contributed by atoms with E-state index in [4.69, 9.17) is 9.47 Å². The maximum Gasteiger partial charge on any atom is 0.223 e. The first-order valence-electron chi connectivity index (χ1n) is 11.7. The predicted octanol–water partition coefficient (Wildman–Crippen LogP) is 4.18. The Balaban J connectivity index is 1.24. The average molecular weight is 461 g/mol. The minimum Gasteiger partial charge on any atom is -0.497 e. The van der Waals surface area contributed by atoms with Gasteiger partial charge in [0.05, 0.1) is 19.3 Å². The molecule has 7 nitrogen and oxygen atoms in total. The lowest BCUT2D eigenvalue weighted by Gasteiger charge is -2.32. The number of nitrogens with one attached hydrogen (secondary N) is 1. The van der Waals surface area contributed by atoms with Crippen LogP contribution in [0.4, 0.5) is 5.82 Å². The van der Waals surface area contributed by atoms with Crippen LogP contribution >= 0.6 is 0 Å². The molecule has 3 aromatic rings. The highest BCUT2D eigenvalue weighted by Crippen LogP contribution is 2.26. The first kappa shape index (κ1) is 23.5. The van der Waals surface area contributed by atoms with Gasteiger partial charge in [-0.15, -0.1) is 0 Å². The van der Waals surface area contributed by atoms with Crippen molar-refractivity contribution in [2.24, 2.45) is 5.92 Å². The van der Waals surface area contributed by atoms with E-state index in [1.807, 2.05) is 42.5 Å². The number of ether oxygens (including phenoxy) is 2. The van der Waals surface area contributed by atoms with Gasteiger partial charge in [-0.1, -0.05) is 6.07 Å². The minimum atomic E-state index is 0.0142. The van der Waals surface area contributed by atoms with E-state index in [-0.39, 0.29) is 11.8 Å². The van der Waals surface area contributed by atoms with Gasteiger partial charge in [-0.2, -0.15) is 0 Å². The summed E-state index contributed by atoms with van der Waals surface area (Å²) in [5, 5.41) is 3.03. The zero-order chi connectivity index (χ0) is 23.9. The van der Waals surface area contributed by atoms with Crippen LogP contribution in [-0.2, 0) is 4.79 Å². The number of piperidine rings is 1. The lowest BCUT2D eigenvalue weighted by Crippen LogP contribution is -2.41. The molecule has 1 N–H and O–H groups in total. The molecule has 1 aliphatic rings. The van der Waals surface area contributed by atoms with Gasteiger partial charge in [0.2, 0.25) is 5.91 Å². The molecule has 0 aliphatic carbocycles. The fraction of sp³-hybridized carbons (Fsp3) is 0.370. The topological polar surface area (TPSA) is 76.6 Å². The SMILES string of the molecule is COc1ccc(-c2cc(N3CCC(C(=O)NCCOc4cc(C)cc(C)c4)CC3)ncn2)cc1. The van der Waals surface area contributed by atoms with Crippen molar-refractivity contribution >= 4 is 11.7 Å². The van der Waals surface area contributed by atoms with Crippen molar-refractivity contribution in [3.63, 3.8) is 0 Å². The van der Waals surface area contributed by atoms with E-state index in [9.17, 15) is 4.79 Å². The molecule has 0 spiro atoms. The molecule has 0 radical (unpaired) electrons. The molecule has 7 heteroatoms. The summed E-state index contributed by atoms with van der Waals surface area (Å²) in [5.41, 5.74) is 4.23. The number of aryl methyl sites for hydroxylation is 2. The van der Waals surface area contributed by atoms with Crippen LogP contribution in [0, 0.1) is 19.8 Å². The van der Waals surface area contributed by atoms with E-state index < -0.39 is 0 Å². The van der Waals surface area contributed by atoms with Crippen LogP contribution in [-0.4, -0.2) is 49.2 Å². The predicted molar refractivity (Wildman–Crippen MR) is 133 cm³/mol. The molecule has 4 rings (SSSR count). The number of carbonyl (C=O) groups is 1. The molecule has 2 aromatic carbocycles. The zero-order valence-electron chi connectivity index (χ0n) is 20.1. The normalized spacial score (nSPS) is 14.0. The number of carbonyl (C=O) groups excluding carboxylic acids is 1. The van der Waals surface area contributed by atoms with E-state index in [0.717, 1.165) is 54.5 Å². The second kappa shape index (κ2) is 11.0. The van der Waals surface area contributed by atoms with Crippen molar-refractivity contribution < 1.29 is 14.3 Å². The second-order valence-corrected chi connectivity index (χ2v) is 8.71. The number of nitrogens with zero attached hydrogens (tertiary/aromatic N) is 3. The number of anilines is 1. The molecule has 34 heavy (non-hydrogen) atoms. The van der Waals surface area contributed by atoms with Gasteiger partial charge in [-0.05, 0) is 74.2 Å². The highest BCUT2D eigenvalue weighted by molar-refractivity contribution is 5.79. The highest BCUT2D eigenvalue weighted by Gasteiger charge is 2.25. The van der Waals surface area contributed by atoms with Gasteiger partial charge in [0.1, 0.15) is 30.3 Å². The molecule has 1 fully saturated rings. The van der Waals surface area contributed by atoms with E-state index in [1.54, 1.807) is 13.4 Å². The van der Waals surface area contributed by atoms with Gasteiger partial charge in [-0.3, -0.25) is 4.79 Å². The number of hydrogen-bond acceptors (Lipinski definition) is 6. The number of methoxy groups -OCH3 is 1. The Hall–Kier alpha value is -3.61. The highest BCUT2D eigenvalue weighted by atomic mass is 16.5.